The number of rotatable bonds is 10. The van der Waals surface area contributed by atoms with Gasteiger partial charge in [-0.25, -0.2) is 0 Å². The molecule has 1 rings (SSSR count). The van der Waals surface area contributed by atoms with Crippen LogP contribution in [0.3, 0.4) is 0 Å². The van der Waals surface area contributed by atoms with Crippen molar-refractivity contribution >= 4 is 11.8 Å². The molecule has 19 heavy (non-hydrogen) atoms. The average Bonchev–Trinajstić information content (AvgIpc) is 2.40. The van der Waals surface area contributed by atoms with Crippen LogP contribution >= 0.6 is 11.8 Å². The molecule has 0 bridgehead atoms. The smallest absolute Gasteiger partial charge is 0.0587 e. The second-order valence-electron chi connectivity index (χ2n) is 5.04. The lowest BCUT2D eigenvalue weighted by atomic mass is 9.96. The molecule has 0 spiro atoms. The van der Waals surface area contributed by atoms with Crippen LogP contribution in [0.5, 0.6) is 0 Å². The fourth-order valence-electron chi connectivity index (χ4n) is 2.21. The number of hydrogen-bond donors (Lipinski definition) is 1. The molecule has 0 saturated carbocycles. The van der Waals surface area contributed by atoms with Gasteiger partial charge in [0.05, 0.1) is 6.61 Å². The van der Waals surface area contributed by atoms with Crippen LogP contribution in [0.15, 0.2) is 24.3 Å². The van der Waals surface area contributed by atoms with Gasteiger partial charge in [0.2, 0.25) is 0 Å². The Hall–Kier alpha value is -0.510. The van der Waals surface area contributed by atoms with Gasteiger partial charge in [0.25, 0.3) is 0 Å². The molecule has 1 aromatic carbocycles. The summed E-state index contributed by atoms with van der Waals surface area (Å²) in [4.78, 5) is 0. The third-order valence-electron chi connectivity index (χ3n) is 3.25. The molecule has 0 aliphatic rings. The molecule has 1 aromatic rings. The second kappa shape index (κ2) is 10.3. The summed E-state index contributed by atoms with van der Waals surface area (Å²) in [6, 6.07) is 8.88. The van der Waals surface area contributed by atoms with Gasteiger partial charge < -0.3 is 10.1 Å². The third kappa shape index (κ3) is 7.61. The Morgan fingerprint density at radius 3 is 2.89 bits per heavy atom. The summed E-state index contributed by atoms with van der Waals surface area (Å²) >= 11 is 1.93. The van der Waals surface area contributed by atoms with E-state index in [1.807, 2.05) is 11.8 Å². The standard InChI is InChI=1S/C16H27NOS/c1-14-5-4-6-15(11-14)12-16(7-10-19-3)13-17-8-9-18-2/h4-6,11,16-17H,7-10,12-13H2,1-3H3. The Morgan fingerprint density at radius 2 is 2.21 bits per heavy atom. The minimum atomic E-state index is 0.714. The lowest BCUT2D eigenvalue weighted by Crippen LogP contribution is -2.27. The van der Waals surface area contributed by atoms with Crippen molar-refractivity contribution in [3.63, 3.8) is 0 Å². The molecule has 3 heteroatoms. The second-order valence-corrected chi connectivity index (χ2v) is 6.02. The van der Waals surface area contributed by atoms with E-state index in [1.165, 1.54) is 29.7 Å². The van der Waals surface area contributed by atoms with Gasteiger partial charge in [0.1, 0.15) is 0 Å². The highest BCUT2D eigenvalue weighted by Gasteiger charge is 2.09. The lowest BCUT2D eigenvalue weighted by molar-refractivity contribution is 0.197. The van der Waals surface area contributed by atoms with Gasteiger partial charge in [-0.2, -0.15) is 11.8 Å². The third-order valence-corrected chi connectivity index (χ3v) is 3.90. The van der Waals surface area contributed by atoms with Crippen molar-refractivity contribution in [1.29, 1.82) is 0 Å². The first-order chi connectivity index (χ1) is 9.26. The topological polar surface area (TPSA) is 21.3 Å². The maximum absolute atomic E-state index is 5.07. The van der Waals surface area contributed by atoms with Crippen LogP contribution in [0.1, 0.15) is 17.5 Å². The van der Waals surface area contributed by atoms with E-state index >= 15 is 0 Å². The minimum Gasteiger partial charge on any atom is -0.383 e. The van der Waals surface area contributed by atoms with Crippen LogP contribution in [-0.4, -0.2) is 38.8 Å². The number of benzene rings is 1. The van der Waals surface area contributed by atoms with Gasteiger partial charge in [-0.15, -0.1) is 0 Å². The maximum atomic E-state index is 5.07. The zero-order valence-electron chi connectivity index (χ0n) is 12.4. The monoisotopic (exact) mass is 281 g/mol. The molecule has 0 aromatic heterocycles. The van der Waals surface area contributed by atoms with Gasteiger partial charge in [-0.1, -0.05) is 29.8 Å². The predicted molar refractivity (Wildman–Crippen MR) is 86.1 cm³/mol. The molecule has 0 radical (unpaired) electrons. The predicted octanol–water partition coefficient (Wildman–Crippen LogP) is 3.14. The highest BCUT2D eigenvalue weighted by molar-refractivity contribution is 7.98. The number of hydrogen-bond acceptors (Lipinski definition) is 3. The molecule has 0 fully saturated rings. The van der Waals surface area contributed by atoms with Gasteiger partial charge in [0.15, 0.2) is 0 Å². The van der Waals surface area contributed by atoms with E-state index in [0.717, 1.165) is 19.7 Å². The van der Waals surface area contributed by atoms with Crippen LogP contribution < -0.4 is 5.32 Å². The van der Waals surface area contributed by atoms with Crippen molar-refractivity contribution in [2.75, 3.05) is 38.8 Å². The normalized spacial score (nSPS) is 12.6. The number of methoxy groups -OCH3 is 1. The number of nitrogens with one attached hydrogen (secondary N) is 1. The molecular formula is C16H27NOS. The lowest BCUT2D eigenvalue weighted by Gasteiger charge is -2.17. The van der Waals surface area contributed by atoms with Crippen LogP contribution in [0, 0.1) is 12.8 Å². The molecule has 0 aliphatic heterocycles. The highest BCUT2D eigenvalue weighted by atomic mass is 32.2. The largest absolute Gasteiger partial charge is 0.383 e. The highest BCUT2D eigenvalue weighted by Crippen LogP contribution is 2.15. The molecule has 1 unspecified atom stereocenters. The molecule has 108 valence electrons. The molecule has 2 nitrogen and oxygen atoms in total. The summed E-state index contributed by atoms with van der Waals surface area (Å²) in [5.74, 6) is 1.95. The Morgan fingerprint density at radius 1 is 1.37 bits per heavy atom. The fourth-order valence-corrected chi connectivity index (χ4v) is 2.78. The van der Waals surface area contributed by atoms with Crippen molar-refractivity contribution in [2.24, 2.45) is 5.92 Å². The SMILES string of the molecule is COCCNCC(CCSC)Cc1cccc(C)c1. The van der Waals surface area contributed by atoms with E-state index in [4.69, 9.17) is 4.74 Å². The van der Waals surface area contributed by atoms with Crippen molar-refractivity contribution in [3.8, 4) is 0 Å². The number of ether oxygens (including phenoxy) is 1. The van der Waals surface area contributed by atoms with Crippen molar-refractivity contribution in [2.45, 2.75) is 19.8 Å². The zero-order valence-corrected chi connectivity index (χ0v) is 13.3. The summed E-state index contributed by atoms with van der Waals surface area (Å²) in [7, 11) is 1.75. The summed E-state index contributed by atoms with van der Waals surface area (Å²) in [5, 5.41) is 3.50. The zero-order chi connectivity index (χ0) is 13.9. The van der Waals surface area contributed by atoms with Crippen molar-refractivity contribution in [1.82, 2.24) is 5.32 Å². The average molecular weight is 281 g/mol. The van der Waals surface area contributed by atoms with Crippen LogP contribution in [0.2, 0.25) is 0 Å². The van der Waals surface area contributed by atoms with Gasteiger partial charge in [-0.05, 0) is 49.8 Å². The van der Waals surface area contributed by atoms with E-state index in [1.54, 1.807) is 7.11 Å². The molecule has 0 aliphatic carbocycles. The van der Waals surface area contributed by atoms with E-state index in [-0.39, 0.29) is 0 Å². The minimum absolute atomic E-state index is 0.714. The first kappa shape index (κ1) is 16.5. The van der Waals surface area contributed by atoms with E-state index in [9.17, 15) is 0 Å². The van der Waals surface area contributed by atoms with Crippen LogP contribution in [0.25, 0.3) is 0 Å². The Balaban J connectivity index is 2.43. The molecule has 1 N–H and O–H groups in total. The Bertz CT molecular complexity index is 343. The molecular weight excluding hydrogens is 254 g/mol. The van der Waals surface area contributed by atoms with Crippen molar-refractivity contribution < 1.29 is 4.74 Å². The Labute approximate surface area is 122 Å². The summed E-state index contributed by atoms with van der Waals surface area (Å²) in [6.45, 7) is 4.98. The molecule has 0 saturated heterocycles. The summed E-state index contributed by atoms with van der Waals surface area (Å²) in [5.41, 5.74) is 2.81. The maximum Gasteiger partial charge on any atom is 0.0587 e. The van der Waals surface area contributed by atoms with E-state index in [2.05, 4.69) is 42.8 Å². The van der Waals surface area contributed by atoms with Crippen LogP contribution in [0.4, 0.5) is 0 Å². The van der Waals surface area contributed by atoms with Crippen LogP contribution in [-0.2, 0) is 11.2 Å². The molecule has 0 amide bonds. The van der Waals surface area contributed by atoms with E-state index in [0.29, 0.717) is 5.92 Å². The first-order valence-electron chi connectivity index (χ1n) is 7.00. The Kier molecular flexibility index (Phi) is 8.97. The van der Waals surface area contributed by atoms with E-state index < -0.39 is 0 Å². The van der Waals surface area contributed by atoms with Gasteiger partial charge in [0, 0.05) is 13.7 Å². The van der Waals surface area contributed by atoms with Gasteiger partial charge >= 0.3 is 0 Å². The fraction of sp³-hybridized carbons (Fsp3) is 0.625. The first-order valence-corrected chi connectivity index (χ1v) is 8.39. The molecule has 1 atom stereocenters. The molecule has 0 heterocycles. The quantitative estimate of drug-likeness (QED) is 0.666. The van der Waals surface area contributed by atoms with Crippen molar-refractivity contribution in [3.05, 3.63) is 35.4 Å². The summed E-state index contributed by atoms with van der Waals surface area (Å²) < 4.78 is 5.07. The number of thioether (sulfide) groups is 1. The van der Waals surface area contributed by atoms with Gasteiger partial charge in [-0.3, -0.25) is 0 Å². The summed E-state index contributed by atoms with van der Waals surface area (Å²) in [6.07, 6.45) is 4.62. The number of aryl methyl sites for hydroxylation is 1.